The summed E-state index contributed by atoms with van der Waals surface area (Å²) in [6.07, 6.45) is 1.28. The molecule has 8 nitrogen and oxygen atoms in total. The third-order valence-electron chi connectivity index (χ3n) is 4.83. The number of guanidine groups is 1. The number of nitrogens with two attached hydrogens (primary N) is 1. The number of rotatable bonds is 4. The van der Waals surface area contributed by atoms with Gasteiger partial charge in [-0.1, -0.05) is 42.5 Å². The van der Waals surface area contributed by atoms with E-state index >= 15 is 0 Å². The summed E-state index contributed by atoms with van der Waals surface area (Å²) in [6, 6.07) is 17.1. The highest BCUT2D eigenvalue weighted by atomic mass is 16.4. The number of piperazine rings is 1. The topological polar surface area (TPSA) is 124 Å². The second-order valence-electron chi connectivity index (χ2n) is 6.69. The first kappa shape index (κ1) is 19.4. The molecule has 1 aliphatic rings. The molecule has 1 fully saturated rings. The Labute approximate surface area is 163 Å². The summed E-state index contributed by atoms with van der Waals surface area (Å²) < 4.78 is -0.0467. The molecule has 5 N–H and O–H groups in total. The van der Waals surface area contributed by atoms with Crippen LogP contribution in [0, 0.1) is 11.5 Å². The van der Waals surface area contributed by atoms with E-state index in [0.29, 0.717) is 25.3 Å². The van der Waals surface area contributed by atoms with E-state index in [1.807, 2.05) is 30.3 Å². The third kappa shape index (κ3) is 4.46. The largest absolute Gasteiger partial charge is 0.465 e. The second kappa shape index (κ2) is 8.52. The summed E-state index contributed by atoms with van der Waals surface area (Å²) in [4.78, 5) is 15.0. The number of nitrogens with one attached hydrogen (secondary N) is 2. The molecule has 1 saturated heterocycles. The zero-order chi connectivity index (χ0) is 20.0. The zero-order valence-electron chi connectivity index (χ0n) is 15.4. The van der Waals surface area contributed by atoms with Crippen LogP contribution in [0.15, 0.2) is 59.6 Å². The highest BCUT2D eigenvalue weighted by Crippen LogP contribution is 2.23. The molecule has 1 amide bonds. The predicted molar refractivity (Wildman–Crippen MR) is 105 cm³/mol. The first-order chi connectivity index (χ1) is 13.5. The van der Waals surface area contributed by atoms with Crippen LogP contribution in [0.5, 0.6) is 0 Å². The number of nitrogens with zero attached hydrogens (tertiary/aromatic N) is 3. The van der Waals surface area contributed by atoms with Gasteiger partial charge in [-0.15, -0.1) is 5.26 Å². The van der Waals surface area contributed by atoms with Gasteiger partial charge in [0.1, 0.15) is 13.1 Å². The number of nitriles is 1. The van der Waals surface area contributed by atoms with Crippen molar-refractivity contribution in [3.05, 3.63) is 65.7 Å². The fraction of sp³-hybridized carbons (Fsp3) is 0.250. The van der Waals surface area contributed by atoms with Crippen LogP contribution in [0.2, 0.25) is 0 Å². The van der Waals surface area contributed by atoms with Crippen LogP contribution in [0.4, 0.5) is 10.5 Å². The number of carbonyl (C=O) groups is 1. The molecule has 2 aromatic rings. The SMILES string of the molecule is N#C[N+]1(C(N)=Nc2ccc(CNC(=O)O)cc2)CCNC(c2ccccc2)C1. The van der Waals surface area contributed by atoms with Gasteiger partial charge in [0, 0.05) is 13.1 Å². The minimum absolute atomic E-state index is 0.0211. The molecular weight excluding hydrogens is 356 g/mol. The van der Waals surface area contributed by atoms with Gasteiger partial charge in [0.15, 0.2) is 0 Å². The number of quaternary nitrogens is 1. The van der Waals surface area contributed by atoms with Crippen molar-refractivity contribution >= 4 is 17.7 Å². The average molecular weight is 379 g/mol. The molecule has 0 radical (unpaired) electrons. The summed E-state index contributed by atoms with van der Waals surface area (Å²) in [6.45, 7) is 1.91. The van der Waals surface area contributed by atoms with Crippen molar-refractivity contribution in [2.75, 3.05) is 19.6 Å². The second-order valence-corrected chi connectivity index (χ2v) is 6.69. The van der Waals surface area contributed by atoms with Gasteiger partial charge >= 0.3 is 18.2 Å². The summed E-state index contributed by atoms with van der Waals surface area (Å²) in [7, 11) is 0. The number of amides is 1. The molecule has 2 atom stereocenters. The van der Waals surface area contributed by atoms with Crippen LogP contribution in [-0.4, -0.2) is 41.3 Å². The Morgan fingerprint density at radius 3 is 2.64 bits per heavy atom. The van der Waals surface area contributed by atoms with Crippen molar-refractivity contribution < 1.29 is 14.4 Å². The fourth-order valence-corrected chi connectivity index (χ4v) is 3.25. The molecule has 28 heavy (non-hydrogen) atoms. The van der Waals surface area contributed by atoms with E-state index < -0.39 is 6.09 Å². The van der Waals surface area contributed by atoms with E-state index in [1.54, 1.807) is 24.3 Å². The lowest BCUT2D eigenvalue weighted by atomic mass is 10.0. The summed E-state index contributed by atoms with van der Waals surface area (Å²) >= 11 is 0. The van der Waals surface area contributed by atoms with Crippen molar-refractivity contribution in [2.24, 2.45) is 10.7 Å². The van der Waals surface area contributed by atoms with Crippen LogP contribution in [0.1, 0.15) is 17.2 Å². The van der Waals surface area contributed by atoms with Crippen molar-refractivity contribution in [3.8, 4) is 6.19 Å². The van der Waals surface area contributed by atoms with E-state index in [9.17, 15) is 10.1 Å². The van der Waals surface area contributed by atoms with Crippen LogP contribution in [-0.2, 0) is 6.54 Å². The molecule has 0 saturated carbocycles. The molecule has 1 aliphatic heterocycles. The quantitative estimate of drug-likeness (QED) is 0.280. The Kier molecular flexibility index (Phi) is 5.89. The lowest BCUT2D eigenvalue weighted by molar-refractivity contribution is -0.782. The lowest BCUT2D eigenvalue weighted by Crippen LogP contribution is -2.62. The van der Waals surface area contributed by atoms with E-state index in [-0.39, 0.29) is 23.0 Å². The molecule has 1 heterocycles. The molecule has 2 unspecified atom stereocenters. The molecule has 2 aromatic carbocycles. The van der Waals surface area contributed by atoms with Crippen LogP contribution < -0.4 is 16.4 Å². The van der Waals surface area contributed by atoms with Gasteiger partial charge in [0.05, 0.1) is 11.7 Å². The van der Waals surface area contributed by atoms with Crippen molar-refractivity contribution in [1.82, 2.24) is 10.6 Å². The maximum Gasteiger partial charge on any atom is 0.404 e. The number of aliphatic imine (C=N–C) groups is 1. The Balaban J connectivity index is 1.77. The van der Waals surface area contributed by atoms with E-state index in [4.69, 9.17) is 10.8 Å². The van der Waals surface area contributed by atoms with Crippen LogP contribution in [0.25, 0.3) is 0 Å². The van der Waals surface area contributed by atoms with E-state index in [1.165, 1.54) is 0 Å². The molecule has 8 heteroatoms. The third-order valence-corrected chi connectivity index (χ3v) is 4.83. The molecule has 0 spiro atoms. The molecule has 144 valence electrons. The number of carboxylic acid groups (broad SMARTS) is 1. The van der Waals surface area contributed by atoms with Crippen LogP contribution >= 0.6 is 0 Å². The van der Waals surface area contributed by atoms with Gasteiger partial charge in [0.2, 0.25) is 0 Å². The summed E-state index contributed by atoms with van der Waals surface area (Å²) in [5.41, 5.74) is 8.84. The minimum atomic E-state index is -1.07. The number of benzene rings is 2. The maximum atomic E-state index is 10.6. The van der Waals surface area contributed by atoms with Gasteiger partial charge in [0.25, 0.3) is 0 Å². The zero-order valence-corrected chi connectivity index (χ0v) is 15.4. The Hall–Kier alpha value is -3.41. The highest BCUT2D eigenvalue weighted by molar-refractivity contribution is 5.75. The molecule has 0 aliphatic carbocycles. The molecule has 0 aromatic heterocycles. The van der Waals surface area contributed by atoms with E-state index in [2.05, 4.69) is 21.8 Å². The Bertz CT molecular complexity index is 891. The van der Waals surface area contributed by atoms with Crippen LogP contribution in [0.3, 0.4) is 0 Å². The molecule has 0 bridgehead atoms. The van der Waals surface area contributed by atoms with Crippen molar-refractivity contribution in [1.29, 1.82) is 5.26 Å². The van der Waals surface area contributed by atoms with Crippen molar-refractivity contribution in [2.45, 2.75) is 12.6 Å². The highest BCUT2D eigenvalue weighted by Gasteiger charge is 2.40. The Morgan fingerprint density at radius 2 is 2.00 bits per heavy atom. The summed E-state index contributed by atoms with van der Waals surface area (Å²) in [5.74, 6) is 0.251. The molecule has 3 rings (SSSR count). The number of hydrogen-bond donors (Lipinski definition) is 4. The van der Waals surface area contributed by atoms with Crippen molar-refractivity contribution in [3.63, 3.8) is 0 Å². The normalized spacial score (nSPS) is 22.2. The Morgan fingerprint density at radius 1 is 1.29 bits per heavy atom. The first-order valence-electron chi connectivity index (χ1n) is 9.00. The maximum absolute atomic E-state index is 10.6. The smallest absolute Gasteiger partial charge is 0.404 e. The average Bonchev–Trinajstić information content (AvgIpc) is 2.73. The lowest BCUT2D eigenvalue weighted by Gasteiger charge is -2.36. The number of hydrogen-bond acceptors (Lipinski definition) is 4. The van der Waals surface area contributed by atoms with Gasteiger partial charge in [-0.2, -0.15) is 9.48 Å². The molecular formula is C20H23N6O2+. The van der Waals surface area contributed by atoms with Gasteiger partial charge < -0.3 is 16.2 Å². The fourth-order valence-electron chi connectivity index (χ4n) is 3.25. The van der Waals surface area contributed by atoms with Gasteiger partial charge in [-0.3, -0.25) is 5.32 Å². The first-order valence-corrected chi connectivity index (χ1v) is 9.00. The van der Waals surface area contributed by atoms with E-state index in [0.717, 1.165) is 11.1 Å². The van der Waals surface area contributed by atoms with Gasteiger partial charge in [-0.05, 0) is 23.3 Å². The minimum Gasteiger partial charge on any atom is -0.465 e. The monoisotopic (exact) mass is 379 g/mol. The summed E-state index contributed by atoms with van der Waals surface area (Å²) in [5, 5.41) is 24.3. The van der Waals surface area contributed by atoms with Gasteiger partial charge in [-0.25, -0.2) is 4.79 Å². The predicted octanol–water partition coefficient (Wildman–Crippen LogP) is 2.04. The standard InChI is InChI=1S/C20H22N6O2/c21-14-26(11-10-23-18(13-26)16-4-2-1-3-5-16)19(22)25-17-8-6-15(7-9-17)12-24-20(27)28/h1-9,18,23-24H,10-13H2,(H2-,22,25,27,28)/p+1.